The Morgan fingerprint density at radius 3 is 3.00 bits per heavy atom. The van der Waals surface area contributed by atoms with Gasteiger partial charge in [-0.15, -0.1) is 11.3 Å². The molecule has 0 aromatic carbocycles. The maximum Gasteiger partial charge on any atom is 0.251 e. The van der Waals surface area contributed by atoms with E-state index in [2.05, 4.69) is 20.6 Å². The molecule has 0 fully saturated rings. The molecule has 0 aliphatic carbocycles. The highest BCUT2D eigenvalue weighted by molar-refractivity contribution is 7.09. The van der Waals surface area contributed by atoms with E-state index < -0.39 is 0 Å². The topological polar surface area (TPSA) is 66.9 Å². The first-order chi connectivity index (χ1) is 8.69. The van der Waals surface area contributed by atoms with Crippen molar-refractivity contribution < 1.29 is 4.79 Å². The van der Waals surface area contributed by atoms with Gasteiger partial charge in [-0.05, 0) is 19.1 Å². The number of hydrogen-bond donors (Lipinski definition) is 2. The first-order valence-electron chi connectivity index (χ1n) is 5.52. The van der Waals surface area contributed by atoms with Crippen LogP contribution in [0.1, 0.15) is 21.1 Å². The van der Waals surface area contributed by atoms with Crippen molar-refractivity contribution in [1.82, 2.24) is 15.3 Å². The zero-order chi connectivity index (χ0) is 13.0. The number of anilines is 1. The standard InChI is InChI=1S/C12H14N4OS/c1-8-7-18-11(16-8)6-15-12(17)9-3-4-14-10(5-9)13-2/h3-5,7H,6H2,1-2H3,(H,13,14)(H,15,17). The molecule has 94 valence electrons. The predicted octanol–water partition coefficient (Wildman–Crippen LogP) is 1.82. The molecule has 0 bridgehead atoms. The van der Waals surface area contributed by atoms with Crippen molar-refractivity contribution in [2.45, 2.75) is 13.5 Å². The van der Waals surface area contributed by atoms with E-state index in [0.29, 0.717) is 17.9 Å². The summed E-state index contributed by atoms with van der Waals surface area (Å²) in [7, 11) is 1.77. The fourth-order valence-electron chi connectivity index (χ4n) is 1.45. The third-order valence-electron chi connectivity index (χ3n) is 2.35. The van der Waals surface area contributed by atoms with E-state index in [-0.39, 0.29) is 5.91 Å². The number of rotatable bonds is 4. The highest BCUT2D eigenvalue weighted by atomic mass is 32.1. The van der Waals surface area contributed by atoms with Crippen molar-refractivity contribution in [3.05, 3.63) is 40.0 Å². The third kappa shape index (κ3) is 3.04. The Hall–Kier alpha value is -1.95. The zero-order valence-corrected chi connectivity index (χ0v) is 11.0. The molecule has 0 atom stereocenters. The molecule has 0 saturated carbocycles. The largest absolute Gasteiger partial charge is 0.373 e. The molecule has 0 aliphatic heterocycles. The number of pyridine rings is 1. The SMILES string of the molecule is CNc1cc(C(=O)NCc2nc(C)cs2)ccn1. The van der Waals surface area contributed by atoms with Gasteiger partial charge < -0.3 is 10.6 Å². The average Bonchev–Trinajstić information content (AvgIpc) is 2.82. The van der Waals surface area contributed by atoms with Gasteiger partial charge in [-0.3, -0.25) is 4.79 Å². The van der Waals surface area contributed by atoms with Crippen LogP contribution >= 0.6 is 11.3 Å². The van der Waals surface area contributed by atoms with E-state index in [1.54, 1.807) is 36.7 Å². The predicted molar refractivity (Wildman–Crippen MR) is 71.8 cm³/mol. The molecule has 18 heavy (non-hydrogen) atoms. The van der Waals surface area contributed by atoms with Gasteiger partial charge in [0, 0.05) is 29.9 Å². The molecular weight excluding hydrogens is 248 g/mol. The zero-order valence-electron chi connectivity index (χ0n) is 10.2. The van der Waals surface area contributed by atoms with Gasteiger partial charge in [0.15, 0.2) is 0 Å². The van der Waals surface area contributed by atoms with Crippen LogP contribution in [0, 0.1) is 6.92 Å². The summed E-state index contributed by atoms with van der Waals surface area (Å²) in [6.45, 7) is 2.39. The van der Waals surface area contributed by atoms with Gasteiger partial charge in [-0.2, -0.15) is 0 Å². The molecule has 1 amide bonds. The third-order valence-corrected chi connectivity index (χ3v) is 3.31. The molecule has 5 nitrogen and oxygen atoms in total. The molecule has 2 aromatic rings. The Bertz CT molecular complexity index is 553. The normalized spacial score (nSPS) is 10.1. The van der Waals surface area contributed by atoms with Crippen molar-refractivity contribution in [2.75, 3.05) is 12.4 Å². The summed E-state index contributed by atoms with van der Waals surface area (Å²) in [5.41, 5.74) is 1.56. The van der Waals surface area contributed by atoms with Crippen LogP contribution in [-0.4, -0.2) is 22.9 Å². The van der Waals surface area contributed by atoms with Crippen LogP contribution in [0.2, 0.25) is 0 Å². The fourth-order valence-corrected chi connectivity index (χ4v) is 2.16. The summed E-state index contributed by atoms with van der Waals surface area (Å²) < 4.78 is 0. The Balaban J connectivity index is 1.99. The Labute approximate surface area is 109 Å². The molecule has 2 rings (SSSR count). The molecule has 2 aromatic heterocycles. The van der Waals surface area contributed by atoms with Crippen molar-refractivity contribution in [2.24, 2.45) is 0 Å². The van der Waals surface area contributed by atoms with Gasteiger partial charge in [-0.25, -0.2) is 9.97 Å². The summed E-state index contributed by atoms with van der Waals surface area (Å²) in [5, 5.41) is 8.60. The smallest absolute Gasteiger partial charge is 0.251 e. The number of nitrogens with one attached hydrogen (secondary N) is 2. The molecule has 2 N–H and O–H groups in total. The fraction of sp³-hybridized carbons (Fsp3) is 0.250. The first-order valence-corrected chi connectivity index (χ1v) is 6.40. The summed E-state index contributed by atoms with van der Waals surface area (Å²) >= 11 is 1.54. The number of nitrogens with zero attached hydrogens (tertiary/aromatic N) is 2. The minimum atomic E-state index is -0.123. The van der Waals surface area contributed by atoms with Crippen LogP contribution in [0.3, 0.4) is 0 Å². The maximum atomic E-state index is 11.9. The van der Waals surface area contributed by atoms with E-state index in [0.717, 1.165) is 10.7 Å². The Kier molecular flexibility index (Phi) is 3.88. The number of hydrogen-bond acceptors (Lipinski definition) is 5. The highest BCUT2D eigenvalue weighted by Crippen LogP contribution is 2.09. The van der Waals surface area contributed by atoms with Crippen molar-refractivity contribution >= 4 is 23.1 Å². The van der Waals surface area contributed by atoms with E-state index in [1.807, 2.05) is 12.3 Å². The lowest BCUT2D eigenvalue weighted by atomic mass is 10.2. The molecule has 0 saturated heterocycles. The lowest BCUT2D eigenvalue weighted by molar-refractivity contribution is 0.0951. The second kappa shape index (κ2) is 5.59. The minimum absolute atomic E-state index is 0.123. The summed E-state index contributed by atoms with van der Waals surface area (Å²) in [5.74, 6) is 0.550. The first kappa shape index (κ1) is 12.5. The number of carbonyl (C=O) groups is 1. The van der Waals surface area contributed by atoms with Crippen molar-refractivity contribution in [3.63, 3.8) is 0 Å². The molecular formula is C12H14N4OS. The van der Waals surface area contributed by atoms with Crippen LogP contribution < -0.4 is 10.6 Å². The summed E-state index contributed by atoms with van der Waals surface area (Å²) in [4.78, 5) is 20.3. The van der Waals surface area contributed by atoms with Crippen molar-refractivity contribution in [1.29, 1.82) is 0 Å². The van der Waals surface area contributed by atoms with E-state index in [9.17, 15) is 4.79 Å². The molecule has 2 heterocycles. The molecule has 0 unspecified atom stereocenters. The number of amides is 1. The van der Waals surface area contributed by atoms with Crippen LogP contribution in [0.4, 0.5) is 5.82 Å². The minimum Gasteiger partial charge on any atom is -0.373 e. The number of aryl methyl sites for hydroxylation is 1. The molecule has 0 aliphatic rings. The monoisotopic (exact) mass is 262 g/mol. The van der Waals surface area contributed by atoms with E-state index in [1.165, 1.54) is 0 Å². The second-order valence-corrected chi connectivity index (χ2v) is 4.69. The molecule has 6 heteroatoms. The Morgan fingerprint density at radius 2 is 2.33 bits per heavy atom. The number of thiazole rings is 1. The van der Waals surface area contributed by atoms with Crippen LogP contribution in [0.5, 0.6) is 0 Å². The quantitative estimate of drug-likeness (QED) is 0.882. The van der Waals surface area contributed by atoms with Gasteiger partial charge in [0.05, 0.1) is 6.54 Å². The molecule has 0 spiro atoms. The highest BCUT2D eigenvalue weighted by Gasteiger charge is 2.07. The number of carbonyl (C=O) groups excluding carboxylic acids is 1. The van der Waals surface area contributed by atoms with Gasteiger partial charge in [0.1, 0.15) is 10.8 Å². The van der Waals surface area contributed by atoms with Gasteiger partial charge >= 0.3 is 0 Å². The lowest BCUT2D eigenvalue weighted by Gasteiger charge is -2.04. The Morgan fingerprint density at radius 1 is 1.50 bits per heavy atom. The van der Waals surface area contributed by atoms with Crippen LogP contribution in [0.25, 0.3) is 0 Å². The lowest BCUT2D eigenvalue weighted by Crippen LogP contribution is -2.22. The van der Waals surface area contributed by atoms with E-state index >= 15 is 0 Å². The summed E-state index contributed by atoms with van der Waals surface area (Å²) in [6, 6.07) is 3.39. The number of aromatic nitrogens is 2. The van der Waals surface area contributed by atoms with E-state index in [4.69, 9.17) is 0 Å². The maximum absolute atomic E-state index is 11.9. The average molecular weight is 262 g/mol. The van der Waals surface area contributed by atoms with Gasteiger partial charge in [0.2, 0.25) is 0 Å². The van der Waals surface area contributed by atoms with Gasteiger partial charge in [0.25, 0.3) is 5.91 Å². The van der Waals surface area contributed by atoms with Crippen LogP contribution in [0.15, 0.2) is 23.7 Å². The summed E-state index contributed by atoms with van der Waals surface area (Å²) in [6.07, 6.45) is 1.61. The second-order valence-electron chi connectivity index (χ2n) is 3.75. The van der Waals surface area contributed by atoms with Crippen molar-refractivity contribution in [3.8, 4) is 0 Å². The van der Waals surface area contributed by atoms with Gasteiger partial charge in [-0.1, -0.05) is 0 Å². The molecule has 0 radical (unpaired) electrons. The van der Waals surface area contributed by atoms with Crippen LogP contribution in [-0.2, 0) is 6.54 Å².